The normalized spacial score (nSPS) is 13.1. The number of allylic oxidation sites excluding steroid dienone is 3. The summed E-state index contributed by atoms with van der Waals surface area (Å²) in [4.78, 5) is 50.7. The van der Waals surface area contributed by atoms with Crippen molar-refractivity contribution in [3.8, 4) is 0 Å². The van der Waals surface area contributed by atoms with Gasteiger partial charge in [0.25, 0.3) is 5.91 Å². The van der Waals surface area contributed by atoms with Crippen LogP contribution in [-0.2, 0) is 28.6 Å². The molecule has 0 saturated carbocycles. The summed E-state index contributed by atoms with van der Waals surface area (Å²) in [6.45, 7) is 6.83. The molecule has 53 heavy (non-hydrogen) atoms. The molecule has 0 bridgehead atoms. The number of hydrogen-bond acceptors (Lipinski definition) is 7. The fourth-order valence-electron chi connectivity index (χ4n) is 6.22. The van der Waals surface area contributed by atoms with Crippen molar-refractivity contribution >= 4 is 23.8 Å². The highest BCUT2D eigenvalue weighted by Crippen LogP contribution is 2.16. The van der Waals surface area contributed by atoms with Crippen LogP contribution < -0.4 is 5.32 Å². The van der Waals surface area contributed by atoms with Gasteiger partial charge in [-0.1, -0.05) is 159 Å². The first kappa shape index (κ1) is 47.6. The van der Waals surface area contributed by atoms with E-state index in [0.29, 0.717) is 18.4 Å². The van der Waals surface area contributed by atoms with Gasteiger partial charge in [0.05, 0.1) is 5.56 Å². The molecule has 1 amide bonds. The van der Waals surface area contributed by atoms with E-state index in [1.54, 1.807) is 30.3 Å². The van der Waals surface area contributed by atoms with E-state index < -0.39 is 42.1 Å². The summed E-state index contributed by atoms with van der Waals surface area (Å²) in [5, 5.41) is 2.89. The number of ether oxygens (including phenoxy) is 3. The highest BCUT2D eigenvalue weighted by Gasteiger charge is 2.30. The quantitative estimate of drug-likeness (QED) is 0.0331. The lowest BCUT2D eigenvalue weighted by Crippen LogP contribution is -2.51. The Labute approximate surface area is 322 Å². The van der Waals surface area contributed by atoms with Crippen molar-refractivity contribution in [1.29, 1.82) is 0 Å². The van der Waals surface area contributed by atoms with Crippen molar-refractivity contribution in [2.45, 2.75) is 194 Å². The van der Waals surface area contributed by atoms with E-state index in [1.807, 2.05) is 12.1 Å². The number of carbonyl (C=O) groups is 4. The van der Waals surface area contributed by atoms with E-state index >= 15 is 0 Å². The summed E-state index contributed by atoms with van der Waals surface area (Å²) in [6.07, 6.45) is 32.3. The van der Waals surface area contributed by atoms with Gasteiger partial charge in [0, 0.05) is 13.8 Å². The van der Waals surface area contributed by atoms with E-state index in [1.165, 1.54) is 110 Å². The molecule has 0 aliphatic rings. The molecule has 0 saturated heterocycles. The molecule has 1 aromatic carbocycles. The summed E-state index contributed by atoms with van der Waals surface area (Å²) >= 11 is 0. The topological polar surface area (TPSA) is 108 Å². The molecule has 0 spiro atoms. The van der Waals surface area contributed by atoms with E-state index in [9.17, 15) is 19.2 Å². The predicted octanol–water partition coefficient (Wildman–Crippen LogP) is 11.3. The van der Waals surface area contributed by atoms with Gasteiger partial charge in [0.2, 0.25) is 0 Å². The van der Waals surface area contributed by atoms with Crippen LogP contribution in [0.3, 0.4) is 0 Å². The fraction of sp³-hybridized carbons (Fsp3) is 0.689. The van der Waals surface area contributed by atoms with Crippen molar-refractivity contribution < 1.29 is 33.4 Å². The molecule has 0 aliphatic carbocycles. The van der Waals surface area contributed by atoms with E-state index in [-0.39, 0.29) is 6.61 Å². The van der Waals surface area contributed by atoms with Crippen LogP contribution in [0.4, 0.5) is 0 Å². The molecule has 0 unspecified atom stereocenters. The first-order valence-corrected chi connectivity index (χ1v) is 21.0. The Morgan fingerprint density at radius 3 is 1.66 bits per heavy atom. The van der Waals surface area contributed by atoms with Gasteiger partial charge in [-0.15, -0.1) is 0 Å². The van der Waals surface area contributed by atoms with Crippen LogP contribution in [0.5, 0.6) is 0 Å². The maximum atomic E-state index is 13.6. The molecular weight excluding hydrogens is 666 g/mol. The number of benzene rings is 1. The second kappa shape index (κ2) is 33.2. The number of amides is 1. The minimum Gasteiger partial charge on any atom is -0.464 e. The molecule has 0 aliphatic heterocycles. The largest absolute Gasteiger partial charge is 0.464 e. The van der Waals surface area contributed by atoms with Crippen molar-refractivity contribution in [3.63, 3.8) is 0 Å². The Balaban J connectivity index is 2.83. The van der Waals surface area contributed by atoms with Gasteiger partial charge in [-0.3, -0.25) is 14.4 Å². The van der Waals surface area contributed by atoms with E-state index in [4.69, 9.17) is 14.2 Å². The summed E-state index contributed by atoms with van der Waals surface area (Å²) in [5.41, 5.74) is 0.363. The number of nitrogens with one attached hydrogen (secondary N) is 1. The minimum absolute atomic E-state index is 0.220. The van der Waals surface area contributed by atoms with Crippen molar-refractivity contribution in [3.05, 3.63) is 60.2 Å². The minimum atomic E-state index is -1.01. The van der Waals surface area contributed by atoms with Crippen LogP contribution in [-0.4, -0.2) is 48.7 Å². The van der Waals surface area contributed by atoms with Crippen molar-refractivity contribution in [1.82, 2.24) is 5.32 Å². The van der Waals surface area contributed by atoms with Gasteiger partial charge >= 0.3 is 17.9 Å². The number of unbranched alkanes of at least 4 members (excludes halogenated alkanes) is 19. The summed E-state index contributed by atoms with van der Waals surface area (Å²) < 4.78 is 16.7. The smallest absolute Gasteiger partial charge is 0.338 e. The molecule has 0 heterocycles. The molecule has 0 radical (unpaired) electrons. The Bertz CT molecular complexity index is 1150. The van der Waals surface area contributed by atoms with Crippen LogP contribution in [0.25, 0.3) is 0 Å². The zero-order chi connectivity index (χ0) is 38.8. The van der Waals surface area contributed by atoms with Crippen LogP contribution >= 0.6 is 0 Å². The Morgan fingerprint density at radius 2 is 1.11 bits per heavy atom. The van der Waals surface area contributed by atoms with Gasteiger partial charge in [0.1, 0.15) is 18.8 Å². The third-order valence-electron chi connectivity index (χ3n) is 9.33. The maximum Gasteiger partial charge on any atom is 0.338 e. The average Bonchev–Trinajstić information content (AvgIpc) is 3.14. The van der Waals surface area contributed by atoms with Gasteiger partial charge < -0.3 is 19.5 Å². The molecule has 8 nitrogen and oxygen atoms in total. The second-order valence-corrected chi connectivity index (χ2v) is 14.3. The molecule has 1 aromatic rings. The predicted molar refractivity (Wildman–Crippen MR) is 216 cm³/mol. The Morgan fingerprint density at radius 1 is 0.604 bits per heavy atom. The molecule has 8 heteroatoms. The van der Waals surface area contributed by atoms with Gasteiger partial charge in [-0.2, -0.15) is 0 Å². The van der Waals surface area contributed by atoms with Crippen molar-refractivity contribution in [2.24, 2.45) is 0 Å². The van der Waals surface area contributed by atoms with Crippen LogP contribution in [0.2, 0.25) is 0 Å². The third-order valence-corrected chi connectivity index (χ3v) is 9.33. The number of carbonyl (C=O) groups excluding carboxylic acids is 4. The first-order chi connectivity index (χ1) is 25.8. The molecule has 1 rings (SSSR count). The summed E-state index contributed by atoms with van der Waals surface area (Å²) in [6, 6.07) is 7.72. The molecule has 300 valence electrons. The molecule has 0 fully saturated rings. The standard InChI is InChI=1S/C45H73NO7/c1-5-7-9-11-13-15-17-19-21-22-24-26-31-35-42(53-45(50)40-33-29-28-30-34-40)41(37-51-38(3)47)46-44(49)43(52-39(4)48)36-32-27-25-23-20-18-16-14-12-10-8-6-2/h21-22,28-31,33-35,41-43H,5-20,23-27,32,36-37H2,1-4H3,(H,46,49)/b22-21-,35-31+/t41-,42+,43-/m1/s1. The van der Waals surface area contributed by atoms with Gasteiger partial charge in [0.15, 0.2) is 6.10 Å². The molecular formula is C45H73NO7. The van der Waals surface area contributed by atoms with E-state index in [2.05, 4.69) is 31.3 Å². The number of rotatable bonds is 33. The SMILES string of the molecule is CCCCCCCCC/C=C\CC/C=C/[C@H](OC(=O)c1ccccc1)[C@@H](COC(C)=O)NC(=O)[C@@H](CCCCCCCCCCCCCC)OC(C)=O. The Kier molecular flexibility index (Phi) is 29.8. The van der Waals surface area contributed by atoms with E-state index in [0.717, 1.165) is 38.5 Å². The lowest BCUT2D eigenvalue weighted by molar-refractivity contribution is -0.155. The number of hydrogen-bond donors (Lipinski definition) is 1. The second-order valence-electron chi connectivity index (χ2n) is 14.3. The fourth-order valence-corrected chi connectivity index (χ4v) is 6.22. The molecule has 3 atom stereocenters. The zero-order valence-corrected chi connectivity index (χ0v) is 33.8. The maximum absolute atomic E-state index is 13.6. The summed E-state index contributed by atoms with van der Waals surface area (Å²) in [5.74, 6) is -2.15. The first-order valence-electron chi connectivity index (χ1n) is 21.0. The monoisotopic (exact) mass is 740 g/mol. The van der Waals surface area contributed by atoms with Crippen LogP contribution in [0, 0.1) is 0 Å². The highest BCUT2D eigenvalue weighted by molar-refractivity contribution is 5.89. The van der Waals surface area contributed by atoms with Crippen molar-refractivity contribution in [2.75, 3.05) is 6.61 Å². The summed E-state index contributed by atoms with van der Waals surface area (Å²) in [7, 11) is 0. The van der Waals surface area contributed by atoms with Gasteiger partial charge in [-0.05, 0) is 56.7 Å². The zero-order valence-electron chi connectivity index (χ0n) is 33.8. The highest BCUT2D eigenvalue weighted by atomic mass is 16.6. The van der Waals surface area contributed by atoms with Gasteiger partial charge in [-0.25, -0.2) is 4.79 Å². The van der Waals surface area contributed by atoms with Crippen LogP contribution in [0.1, 0.15) is 186 Å². The number of esters is 3. The lowest BCUT2D eigenvalue weighted by Gasteiger charge is -2.27. The molecule has 1 N–H and O–H groups in total. The average molecular weight is 740 g/mol. The molecule has 0 aromatic heterocycles. The third kappa shape index (κ3) is 26.9. The Hall–Kier alpha value is -3.42. The van der Waals surface area contributed by atoms with Crippen LogP contribution in [0.15, 0.2) is 54.6 Å². The lowest BCUT2D eigenvalue weighted by atomic mass is 10.0.